The first kappa shape index (κ1) is 17.0. The highest BCUT2D eigenvalue weighted by Gasteiger charge is 2.18. The van der Waals surface area contributed by atoms with Crippen LogP contribution >= 0.6 is 11.6 Å². The average molecular weight is 376 g/mol. The molecule has 0 aliphatic carbocycles. The van der Waals surface area contributed by atoms with Crippen LogP contribution in [-0.2, 0) is 11.3 Å². The lowest BCUT2D eigenvalue weighted by Crippen LogP contribution is -2.38. The van der Waals surface area contributed by atoms with Crippen molar-refractivity contribution in [2.45, 2.75) is 13.5 Å². The third-order valence-corrected chi connectivity index (χ3v) is 4.65. The van der Waals surface area contributed by atoms with Crippen LogP contribution in [0.25, 0.3) is 16.7 Å². The molecule has 1 aromatic carbocycles. The van der Waals surface area contributed by atoms with Gasteiger partial charge in [0.2, 0.25) is 5.95 Å². The Hall–Kier alpha value is -2.42. The molecule has 0 spiro atoms. The number of rotatable bonds is 3. The standard InChI is InChI=1S/C17H18ClN5O3/c1-10-6-12(18)7-11(9-24)14(10)23-8-13-15(21-23)19-17(20-16(13)25)22-2-4-26-5-3-22/h6-8,24H,2-5,9H2,1H3,(H,19,20,21,25). The van der Waals surface area contributed by atoms with Crippen LogP contribution in [0.2, 0.25) is 5.02 Å². The minimum atomic E-state index is -0.250. The van der Waals surface area contributed by atoms with E-state index in [4.69, 9.17) is 16.3 Å². The summed E-state index contributed by atoms with van der Waals surface area (Å²) in [6, 6.07) is 3.48. The molecule has 4 rings (SSSR count). The van der Waals surface area contributed by atoms with Crippen molar-refractivity contribution in [3.63, 3.8) is 0 Å². The molecule has 2 N–H and O–H groups in total. The van der Waals surface area contributed by atoms with E-state index in [1.807, 2.05) is 11.8 Å². The topological polar surface area (TPSA) is 96.3 Å². The predicted octanol–water partition coefficient (Wildman–Crippen LogP) is 1.40. The molecule has 26 heavy (non-hydrogen) atoms. The van der Waals surface area contributed by atoms with E-state index in [-0.39, 0.29) is 12.2 Å². The molecule has 0 radical (unpaired) electrons. The summed E-state index contributed by atoms with van der Waals surface area (Å²) in [4.78, 5) is 21.8. The first-order valence-corrected chi connectivity index (χ1v) is 8.67. The van der Waals surface area contributed by atoms with E-state index in [9.17, 15) is 9.90 Å². The summed E-state index contributed by atoms with van der Waals surface area (Å²) in [6.45, 7) is 4.22. The van der Waals surface area contributed by atoms with E-state index in [1.165, 1.54) is 0 Å². The van der Waals surface area contributed by atoms with Crippen molar-refractivity contribution >= 4 is 28.6 Å². The zero-order chi connectivity index (χ0) is 18.3. The summed E-state index contributed by atoms with van der Waals surface area (Å²) in [7, 11) is 0. The van der Waals surface area contributed by atoms with Crippen LogP contribution in [-0.4, -0.2) is 51.2 Å². The highest BCUT2D eigenvalue weighted by Crippen LogP contribution is 2.25. The molecule has 0 amide bonds. The number of aromatic nitrogens is 4. The van der Waals surface area contributed by atoms with Gasteiger partial charge < -0.3 is 14.7 Å². The molecule has 1 aliphatic heterocycles. The fourth-order valence-electron chi connectivity index (χ4n) is 3.20. The Morgan fingerprint density at radius 1 is 1.35 bits per heavy atom. The minimum Gasteiger partial charge on any atom is -0.392 e. The molecule has 0 atom stereocenters. The predicted molar refractivity (Wildman–Crippen MR) is 98.2 cm³/mol. The van der Waals surface area contributed by atoms with Crippen molar-refractivity contribution in [3.05, 3.63) is 44.8 Å². The second kappa shape index (κ2) is 6.71. The van der Waals surface area contributed by atoms with Crippen molar-refractivity contribution in [1.29, 1.82) is 0 Å². The molecule has 3 aromatic rings. The van der Waals surface area contributed by atoms with Gasteiger partial charge >= 0.3 is 0 Å². The lowest BCUT2D eigenvalue weighted by molar-refractivity contribution is 0.122. The first-order valence-electron chi connectivity index (χ1n) is 8.29. The van der Waals surface area contributed by atoms with Crippen molar-refractivity contribution < 1.29 is 9.84 Å². The highest BCUT2D eigenvalue weighted by atomic mass is 35.5. The fraction of sp³-hybridized carbons (Fsp3) is 0.353. The van der Waals surface area contributed by atoms with Gasteiger partial charge in [0.15, 0.2) is 5.65 Å². The van der Waals surface area contributed by atoms with Crippen molar-refractivity contribution in [1.82, 2.24) is 19.7 Å². The Labute approximate surface area is 154 Å². The molecule has 1 fully saturated rings. The lowest BCUT2D eigenvalue weighted by Gasteiger charge is -2.26. The van der Waals surface area contributed by atoms with Crippen molar-refractivity contribution in [3.8, 4) is 5.69 Å². The van der Waals surface area contributed by atoms with Crippen LogP contribution in [0.15, 0.2) is 23.1 Å². The molecular formula is C17H18ClN5O3. The number of aliphatic hydroxyl groups is 1. The van der Waals surface area contributed by atoms with Gasteiger partial charge in [-0.3, -0.25) is 9.78 Å². The Morgan fingerprint density at radius 2 is 2.12 bits per heavy atom. The van der Waals surface area contributed by atoms with Crippen LogP contribution in [0.5, 0.6) is 0 Å². The molecule has 1 aliphatic rings. The summed E-state index contributed by atoms with van der Waals surface area (Å²) < 4.78 is 6.91. The fourth-order valence-corrected chi connectivity index (χ4v) is 3.49. The summed E-state index contributed by atoms with van der Waals surface area (Å²) in [5, 5.41) is 15.1. The van der Waals surface area contributed by atoms with Gasteiger partial charge in [-0.25, -0.2) is 4.68 Å². The van der Waals surface area contributed by atoms with Gasteiger partial charge in [-0.2, -0.15) is 4.98 Å². The monoisotopic (exact) mass is 375 g/mol. The summed E-state index contributed by atoms with van der Waals surface area (Å²) in [6.07, 6.45) is 1.62. The molecular weight excluding hydrogens is 358 g/mol. The molecule has 3 heterocycles. The van der Waals surface area contributed by atoms with Gasteiger partial charge in [-0.05, 0) is 24.6 Å². The number of hydrogen-bond donors (Lipinski definition) is 2. The van der Waals surface area contributed by atoms with E-state index < -0.39 is 0 Å². The molecule has 0 bridgehead atoms. The number of nitrogens with one attached hydrogen (secondary N) is 1. The number of aromatic amines is 1. The van der Waals surface area contributed by atoms with Gasteiger partial charge in [0.25, 0.3) is 5.56 Å². The smallest absolute Gasteiger partial charge is 0.263 e. The van der Waals surface area contributed by atoms with E-state index in [1.54, 1.807) is 23.0 Å². The minimum absolute atomic E-state index is 0.185. The number of morpholine rings is 1. The van der Waals surface area contributed by atoms with E-state index >= 15 is 0 Å². The van der Waals surface area contributed by atoms with Crippen molar-refractivity contribution in [2.75, 3.05) is 31.2 Å². The number of nitrogens with zero attached hydrogens (tertiary/aromatic N) is 4. The van der Waals surface area contributed by atoms with Gasteiger partial charge in [0, 0.05) is 29.9 Å². The molecule has 0 saturated carbocycles. The lowest BCUT2D eigenvalue weighted by atomic mass is 10.1. The van der Waals surface area contributed by atoms with E-state index in [0.29, 0.717) is 59.6 Å². The maximum absolute atomic E-state index is 12.5. The van der Waals surface area contributed by atoms with Gasteiger partial charge in [-0.1, -0.05) is 11.6 Å². The second-order valence-electron chi connectivity index (χ2n) is 6.19. The number of hydrogen-bond acceptors (Lipinski definition) is 6. The number of anilines is 1. The molecule has 2 aromatic heterocycles. The number of ether oxygens (including phenoxy) is 1. The zero-order valence-electron chi connectivity index (χ0n) is 14.2. The molecule has 0 unspecified atom stereocenters. The largest absolute Gasteiger partial charge is 0.392 e. The Bertz CT molecular complexity index is 1020. The number of benzene rings is 1. The maximum Gasteiger partial charge on any atom is 0.263 e. The number of H-pyrrole nitrogens is 1. The Balaban J connectivity index is 1.84. The number of halogens is 1. The average Bonchev–Trinajstić information content (AvgIpc) is 3.05. The SMILES string of the molecule is Cc1cc(Cl)cc(CO)c1-n1cc2c(=O)[nH]c(N3CCOCC3)nc2n1. The number of fused-ring (bicyclic) bond motifs is 1. The van der Waals surface area contributed by atoms with Gasteiger partial charge in [-0.15, -0.1) is 5.10 Å². The Morgan fingerprint density at radius 3 is 2.85 bits per heavy atom. The zero-order valence-corrected chi connectivity index (χ0v) is 15.0. The van der Waals surface area contributed by atoms with Crippen LogP contribution in [0.3, 0.4) is 0 Å². The molecule has 1 saturated heterocycles. The van der Waals surface area contributed by atoms with Crippen LogP contribution in [0, 0.1) is 6.92 Å². The maximum atomic E-state index is 12.5. The highest BCUT2D eigenvalue weighted by molar-refractivity contribution is 6.30. The van der Waals surface area contributed by atoms with Crippen LogP contribution in [0.4, 0.5) is 5.95 Å². The summed E-state index contributed by atoms with van der Waals surface area (Å²) in [5.41, 5.74) is 2.28. The Kier molecular flexibility index (Phi) is 4.39. The molecule has 9 heteroatoms. The third kappa shape index (κ3) is 2.96. The van der Waals surface area contributed by atoms with Gasteiger partial charge in [0.05, 0.1) is 25.5 Å². The summed E-state index contributed by atoms with van der Waals surface area (Å²) in [5.74, 6) is 0.492. The number of aliphatic hydroxyl groups excluding tert-OH is 1. The third-order valence-electron chi connectivity index (χ3n) is 4.43. The summed E-state index contributed by atoms with van der Waals surface area (Å²) >= 11 is 6.08. The van der Waals surface area contributed by atoms with Gasteiger partial charge in [0.1, 0.15) is 5.39 Å². The first-order chi connectivity index (χ1) is 12.6. The second-order valence-corrected chi connectivity index (χ2v) is 6.62. The van der Waals surface area contributed by atoms with Crippen LogP contribution < -0.4 is 10.5 Å². The molecule has 8 nitrogen and oxygen atoms in total. The molecule has 136 valence electrons. The van der Waals surface area contributed by atoms with Crippen LogP contribution in [0.1, 0.15) is 11.1 Å². The normalized spacial score (nSPS) is 15.0. The van der Waals surface area contributed by atoms with Crippen molar-refractivity contribution in [2.24, 2.45) is 0 Å². The quantitative estimate of drug-likeness (QED) is 0.718. The number of aryl methyl sites for hydroxylation is 1. The van der Waals surface area contributed by atoms with E-state index in [2.05, 4.69) is 15.1 Å². The van der Waals surface area contributed by atoms with E-state index in [0.717, 1.165) is 5.56 Å².